The number of hydrogen-bond donors (Lipinski definition) is 0. The summed E-state index contributed by atoms with van der Waals surface area (Å²) in [6, 6.07) is 0. The average molecular weight is 148 g/mol. The Bertz CT molecular complexity index is 256. The van der Waals surface area contributed by atoms with Crippen LogP contribution in [0.25, 0.3) is 0 Å². The number of hydrogen-bond acceptors (Lipinski definition) is 1. The molecule has 0 spiro atoms. The second-order valence-corrected chi connectivity index (χ2v) is 2.96. The summed E-state index contributed by atoms with van der Waals surface area (Å²) >= 11 is 0. The van der Waals surface area contributed by atoms with Crippen LogP contribution in [0.4, 0.5) is 0 Å². The highest BCUT2D eigenvalue weighted by molar-refractivity contribution is 5.49. The van der Waals surface area contributed by atoms with Gasteiger partial charge in [-0.3, -0.25) is 0 Å². The van der Waals surface area contributed by atoms with Crippen molar-refractivity contribution in [3.63, 3.8) is 0 Å². The van der Waals surface area contributed by atoms with Crippen LogP contribution in [0.3, 0.4) is 0 Å². The van der Waals surface area contributed by atoms with E-state index in [1.165, 1.54) is 24.0 Å². The zero-order valence-corrected chi connectivity index (χ0v) is 6.76. The molecule has 0 N–H and O–H groups in total. The van der Waals surface area contributed by atoms with Crippen molar-refractivity contribution < 1.29 is 4.74 Å². The maximum absolute atomic E-state index is 5.18. The summed E-state index contributed by atoms with van der Waals surface area (Å²) < 4.78 is 5.18. The van der Waals surface area contributed by atoms with Gasteiger partial charge in [-0.15, -0.1) is 0 Å². The van der Waals surface area contributed by atoms with Gasteiger partial charge in [-0.1, -0.05) is 12.2 Å². The minimum atomic E-state index is 1.00. The number of rotatable bonds is 1. The summed E-state index contributed by atoms with van der Waals surface area (Å²) in [7, 11) is 1.74. The van der Waals surface area contributed by atoms with Crippen molar-refractivity contribution in [2.75, 3.05) is 7.11 Å². The molecule has 2 aliphatic rings. The lowest BCUT2D eigenvalue weighted by molar-refractivity contribution is 0.287. The van der Waals surface area contributed by atoms with Gasteiger partial charge in [0.2, 0.25) is 0 Å². The van der Waals surface area contributed by atoms with E-state index in [2.05, 4.69) is 18.2 Å². The van der Waals surface area contributed by atoms with Gasteiger partial charge in [-0.05, 0) is 30.1 Å². The highest BCUT2D eigenvalue weighted by Crippen LogP contribution is 2.32. The van der Waals surface area contributed by atoms with Crippen molar-refractivity contribution in [3.8, 4) is 0 Å². The van der Waals surface area contributed by atoms with Crippen LogP contribution in [0, 0.1) is 0 Å². The van der Waals surface area contributed by atoms with Gasteiger partial charge in [-0.25, -0.2) is 0 Å². The van der Waals surface area contributed by atoms with Gasteiger partial charge in [-0.2, -0.15) is 0 Å². The third kappa shape index (κ3) is 1.11. The highest BCUT2D eigenvalue weighted by atomic mass is 16.5. The zero-order chi connectivity index (χ0) is 7.68. The molecule has 0 bridgehead atoms. The molecule has 58 valence electrons. The number of allylic oxidation sites excluding steroid dienone is 5. The summed E-state index contributed by atoms with van der Waals surface area (Å²) in [5.74, 6) is 1.10. The van der Waals surface area contributed by atoms with Crippen LogP contribution < -0.4 is 0 Å². The summed E-state index contributed by atoms with van der Waals surface area (Å²) in [6.07, 6.45) is 10.1. The lowest BCUT2D eigenvalue weighted by atomic mass is 10.0. The molecule has 0 aliphatic heterocycles. The predicted molar refractivity (Wildman–Crippen MR) is 45.1 cm³/mol. The van der Waals surface area contributed by atoms with Crippen LogP contribution in [0.2, 0.25) is 0 Å². The minimum absolute atomic E-state index is 1.00. The van der Waals surface area contributed by atoms with Crippen molar-refractivity contribution in [2.24, 2.45) is 0 Å². The molecule has 1 heteroatoms. The van der Waals surface area contributed by atoms with Crippen molar-refractivity contribution in [2.45, 2.75) is 19.3 Å². The Morgan fingerprint density at radius 2 is 2.09 bits per heavy atom. The van der Waals surface area contributed by atoms with Gasteiger partial charge in [0.15, 0.2) is 0 Å². The zero-order valence-electron chi connectivity index (χ0n) is 6.76. The Kier molecular flexibility index (Phi) is 1.57. The molecule has 0 atom stereocenters. The summed E-state index contributed by atoms with van der Waals surface area (Å²) in [4.78, 5) is 0. The fourth-order valence-electron chi connectivity index (χ4n) is 1.61. The standard InChI is InChI=1S/C10H12O/c1-11-10-6-8-4-2-3-5-9(8)7-10/h4-6H,2-3,7H2,1H3. The fourth-order valence-corrected chi connectivity index (χ4v) is 1.61. The Balaban J connectivity index is 2.27. The molecule has 1 nitrogen and oxygen atoms in total. The number of fused-ring (bicyclic) bond motifs is 1. The molecule has 0 saturated carbocycles. The lowest BCUT2D eigenvalue weighted by Gasteiger charge is -2.05. The van der Waals surface area contributed by atoms with E-state index >= 15 is 0 Å². The second kappa shape index (κ2) is 2.57. The molecule has 0 fully saturated rings. The summed E-state index contributed by atoms with van der Waals surface area (Å²) in [6.45, 7) is 0. The molecule has 0 heterocycles. The van der Waals surface area contributed by atoms with Crippen molar-refractivity contribution in [1.82, 2.24) is 0 Å². The van der Waals surface area contributed by atoms with E-state index in [4.69, 9.17) is 4.74 Å². The molecule has 0 aromatic carbocycles. The van der Waals surface area contributed by atoms with E-state index in [9.17, 15) is 0 Å². The normalized spacial score (nSPS) is 21.7. The van der Waals surface area contributed by atoms with Gasteiger partial charge in [0.05, 0.1) is 7.11 Å². The Labute approximate surface area is 67.1 Å². The molecule has 2 rings (SSSR count). The van der Waals surface area contributed by atoms with Gasteiger partial charge >= 0.3 is 0 Å². The first kappa shape index (κ1) is 6.71. The van der Waals surface area contributed by atoms with E-state index in [1.807, 2.05) is 0 Å². The maximum Gasteiger partial charge on any atom is 0.100 e. The SMILES string of the molecule is COC1=CC2=CCCC=C2C1. The van der Waals surface area contributed by atoms with Crippen molar-refractivity contribution in [3.05, 3.63) is 35.1 Å². The molecule has 11 heavy (non-hydrogen) atoms. The Morgan fingerprint density at radius 3 is 2.82 bits per heavy atom. The first-order valence-electron chi connectivity index (χ1n) is 4.04. The van der Waals surface area contributed by atoms with Gasteiger partial charge in [0, 0.05) is 6.42 Å². The van der Waals surface area contributed by atoms with E-state index in [0.29, 0.717) is 0 Å². The maximum atomic E-state index is 5.18. The van der Waals surface area contributed by atoms with E-state index in [1.54, 1.807) is 7.11 Å². The summed E-state index contributed by atoms with van der Waals surface area (Å²) in [5.41, 5.74) is 2.83. The Hall–Kier alpha value is -0.980. The third-order valence-electron chi connectivity index (χ3n) is 2.24. The van der Waals surface area contributed by atoms with Crippen molar-refractivity contribution >= 4 is 0 Å². The fraction of sp³-hybridized carbons (Fsp3) is 0.400. The van der Waals surface area contributed by atoms with Gasteiger partial charge in [0.1, 0.15) is 5.76 Å². The van der Waals surface area contributed by atoms with Crippen LogP contribution in [0.1, 0.15) is 19.3 Å². The first-order chi connectivity index (χ1) is 5.40. The second-order valence-electron chi connectivity index (χ2n) is 2.96. The molecule has 0 radical (unpaired) electrons. The van der Waals surface area contributed by atoms with E-state index in [-0.39, 0.29) is 0 Å². The number of methoxy groups -OCH3 is 1. The lowest BCUT2D eigenvalue weighted by Crippen LogP contribution is -1.86. The van der Waals surface area contributed by atoms with E-state index in [0.717, 1.165) is 12.2 Å². The molecule has 0 aromatic heterocycles. The number of ether oxygens (including phenoxy) is 1. The molecule has 0 amide bonds. The van der Waals surface area contributed by atoms with Crippen LogP contribution in [0.5, 0.6) is 0 Å². The van der Waals surface area contributed by atoms with Gasteiger partial charge < -0.3 is 4.74 Å². The monoisotopic (exact) mass is 148 g/mol. The first-order valence-corrected chi connectivity index (χ1v) is 4.04. The van der Waals surface area contributed by atoms with Crippen LogP contribution in [-0.4, -0.2) is 7.11 Å². The van der Waals surface area contributed by atoms with Crippen molar-refractivity contribution in [1.29, 1.82) is 0 Å². The van der Waals surface area contributed by atoms with Gasteiger partial charge in [0.25, 0.3) is 0 Å². The van der Waals surface area contributed by atoms with Crippen LogP contribution >= 0.6 is 0 Å². The minimum Gasteiger partial charge on any atom is -0.501 e. The summed E-state index contributed by atoms with van der Waals surface area (Å²) in [5, 5.41) is 0. The molecular weight excluding hydrogens is 136 g/mol. The molecular formula is C10H12O. The molecule has 0 unspecified atom stereocenters. The molecule has 0 aromatic rings. The van der Waals surface area contributed by atoms with Crippen LogP contribution in [-0.2, 0) is 4.74 Å². The quantitative estimate of drug-likeness (QED) is 0.555. The van der Waals surface area contributed by atoms with Crippen LogP contribution in [0.15, 0.2) is 35.1 Å². The third-order valence-corrected chi connectivity index (χ3v) is 2.24. The van der Waals surface area contributed by atoms with E-state index < -0.39 is 0 Å². The molecule has 0 saturated heterocycles. The smallest absolute Gasteiger partial charge is 0.100 e. The Morgan fingerprint density at radius 1 is 1.27 bits per heavy atom. The average Bonchev–Trinajstić information content (AvgIpc) is 2.46. The predicted octanol–water partition coefficient (Wildman–Crippen LogP) is 2.57. The largest absolute Gasteiger partial charge is 0.501 e. The molecule has 2 aliphatic carbocycles. The highest BCUT2D eigenvalue weighted by Gasteiger charge is 2.16. The topological polar surface area (TPSA) is 9.23 Å².